The molecule has 0 atom stereocenters. The van der Waals surface area contributed by atoms with Crippen molar-refractivity contribution in [3.63, 3.8) is 0 Å². The van der Waals surface area contributed by atoms with Gasteiger partial charge in [0.15, 0.2) is 5.96 Å². The van der Waals surface area contributed by atoms with Gasteiger partial charge in [-0.05, 0) is 32.0 Å². The van der Waals surface area contributed by atoms with Crippen LogP contribution in [0.2, 0.25) is 0 Å². The summed E-state index contributed by atoms with van der Waals surface area (Å²) in [5, 5.41) is 9.09. The van der Waals surface area contributed by atoms with E-state index in [0.717, 1.165) is 19.0 Å². The maximum absolute atomic E-state index is 12.0. The van der Waals surface area contributed by atoms with Gasteiger partial charge in [0.2, 0.25) is 0 Å². The number of halogens is 1. The zero-order valence-corrected chi connectivity index (χ0v) is 15.6. The van der Waals surface area contributed by atoms with Crippen LogP contribution < -0.4 is 20.7 Å². The number of amides is 1. The van der Waals surface area contributed by atoms with Gasteiger partial charge in [-0.25, -0.2) is 0 Å². The Bertz CT molecular complexity index is 472. The second-order valence-electron chi connectivity index (χ2n) is 4.28. The standard InChI is InChI=1S/C15H24N4O2.HI/c1-4-16-15(17-5-2)19-10-9-18-14(20)12-7-6-8-13(11-12)21-3;/h6-8,11H,4-5,9-10H2,1-3H3,(H,18,20)(H2,16,17,19);1H. The Morgan fingerprint density at radius 3 is 2.45 bits per heavy atom. The lowest BCUT2D eigenvalue weighted by Gasteiger charge is -2.09. The van der Waals surface area contributed by atoms with E-state index >= 15 is 0 Å². The van der Waals surface area contributed by atoms with Crippen molar-refractivity contribution in [1.29, 1.82) is 0 Å². The van der Waals surface area contributed by atoms with E-state index in [-0.39, 0.29) is 29.9 Å². The average molecular weight is 420 g/mol. The van der Waals surface area contributed by atoms with Gasteiger partial charge in [0.25, 0.3) is 5.91 Å². The number of rotatable bonds is 7. The fourth-order valence-corrected chi connectivity index (χ4v) is 1.71. The van der Waals surface area contributed by atoms with Crippen LogP contribution >= 0.6 is 24.0 Å². The second-order valence-corrected chi connectivity index (χ2v) is 4.28. The predicted octanol–water partition coefficient (Wildman–Crippen LogP) is 1.62. The Morgan fingerprint density at radius 2 is 1.86 bits per heavy atom. The summed E-state index contributed by atoms with van der Waals surface area (Å²) in [5.41, 5.74) is 0.580. The number of nitrogens with zero attached hydrogens (tertiary/aromatic N) is 1. The SMILES string of the molecule is CCNC(=NCCNC(=O)c1cccc(OC)c1)NCC.I. The number of carbonyl (C=O) groups excluding carboxylic acids is 1. The van der Waals surface area contributed by atoms with E-state index < -0.39 is 0 Å². The minimum absolute atomic E-state index is 0. The third-order valence-corrected chi connectivity index (χ3v) is 2.69. The fraction of sp³-hybridized carbons (Fsp3) is 0.467. The summed E-state index contributed by atoms with van der Waals surface area (Å²) in [6.07, 6.45) is 0. The Hall–Kier alpha value is -1.51. The van der Waals surface area contributed by atoms with Crippen molar-refractivity contribution in [3.05, 3.63) is 29.8 Å². The van der Waals surface area contributed by atoms with E-state index in [1.807, 2.05) is 13.8 Å². The second kappa shape index (κ2) is 12.1. The number of hydrogen-bond donors (Lipinski definition) is 3. The van der Waals surface area contributed by atoms with Crippen LogP contribution in [0.25, 0.3) is 0 Å². The third-order valence-electron chi connectivity index (χ3n) is 2.69. The van der Waals surface area contributed by atoms with Crippen molar-refractivity contribution in [2.24, 2.45) is 4.99 Å². The minimum atomic E-state index is -0.127. The van der Waals surface area contributed by atoms with Crippen molar-refractivity contribution in [3.8, 4) is 5.75 Å². The molecule has 0 aromatic heterocycles. The van der Waals surface area contributed by atoms with Crippen LogP contribution in [-0.4, -0.2) is 45.2 Å². The number of benzene rings is 1. The van der Waals surface area contributed by atoms with Crippen LogP contribution in [0, 0.1) is 0 Å². The summed E-state index contributed by atoms with van der Waals surface area (Å²) < 4.78 is 5.10. The molecule has 1 rings (SSSR count). The number of aliphatic imine (C=N–C) groups is 1. The fourth-order valence-electron chi connectivity index (χ4n) is 1.71. The molecule has 6 nitrogen and oxygen atoms in total. The molecule has 0 fully saturated rings. The average Bonchev–Trinajstić information content (AvgIpc) is 2.51. The monoisotopic (exact) mass is 420 g/mol. The summed E-state index contributed by atoms with van der Waals surface area (Å²) in [4.78, 5) is 16.3. The lowest BCUT2D eigenvalue weighted by Crippen LogP contribution is -2.37. The summed E-state index contributed by atoms with van der Waals surface area (Å²) in [5.74, 6) is 1.30. The smallest absolute Gasteiger partial charge is 0.251 e. The Balaban J connectivity index is 0.00000441. The summed E-state index contributed by atoms with van der Waals surface area (Å²) in [6.45, 7) is 6.64. The maximum atomic E-state index is 12.0. The van der Waals surface area contributed by atoms with Crippen molar-refractivity contribution >= 4 is 35.8 Å². The van der Waals surface area contributed by atoms with E-state index in [0.29, 0.717) is 24.4 Å². The molecule has 0 saturated carbocycles. The number of hydrogen-bond acceptors (Lipinski definition) is 3. The molecule has 3 N–H and O–H groups in total. The van der Waals surface area contributed by atoms with E-state index in [1.165, 1.54) is 0 Å². The predicted molar refractivity (Wildman–Crippen MR) is 100 cm³/mol. The molecule has 1 amide bonds. The molecular weight excluding hydrogens is 395 g/mol. The van der Waals surface area contributed by atoms with Crippen LogP contribution in [0.3, 0.4) is 0 Å². The van der Waals surface area contributed by atoms with Gasteiger partial charge in [-0.15, -0.1) is 24.0 Å². The third kappa shape index (κ3) is 7.48. The van der Waals surface area contributed by atoms with Gasteiger partial charge < -0.3 is 20.7 Å². The Morgan fingerprint density at radius 1 is 1.18 bits per heavy atom. The molecule has 0 bridgehead atoms. The summed E-state index contributed by atoms with van der Waals surface area (Å²) >= 11 is 0. The molecule has 1 aromatic rings. The number of ether oxygens (including phenoxy) is 1. The first-order valence-electron chi connectivity index (χ1n) is 7.15. The molecule has 0 unspecified atom stereocenters. The molecule has 0 saturated heterocycles. The van der Waals surface area contributed by atoms with Gasteiger partial charge in [0.1, 0.15) is 5.75 Å². The largest absolute Gasteiger partial charge is 0.497 e. The molecule has 124 valence electrons. The molecule has 0 radical (unpaired) electrons. The topological polar surface area (TPSA) is 74.8 Å². The lowest BCUT2D eigenvalue weighted by molar-refractivity contribution is 0.0954. The molecule has 0 aliphatic rings. The highest BCUT2D eigenvalue weighted by Crippen LogP contribution is 2.12. The zero-order chi connectivity index (χ0) is 15.5. The molecule has 0 spiro atoms. The first-order valence-corrected chi connectivity index (χ1v) is 7.15. The molecule has 0 aliphatic heterocycles. The molecule has 22 heavy (non-hydrogen) atoms. The summed E-state index contributed by atoms with van der Waals surface area (Å²) in [6, 6.07) is 7.06. The zero-order valence-electron chi connectivity index (χ0n) is 13.3. The van der Waals surface area contributed by atoms with Crippen molar-refractivity contribution in [1.82, 2.24) is 16.0 Å². The van der Waals surface area contributed by atoms with Crippen LogP contribution in [0.15, 0.2) is 29.3 Å². The number of methoxy groups -OCH3 is 1. The molecule has 7 heteroatoms. The number of guanidine groups is 1. The van der Waals surface area contributed by atoms with E-state index in [4.69, 9.17) is 4.74 Å². The molecular formula is C15H25IN4O2. The van der Waals surface area contributed by atoms with Crippen LogP contribution in [0.5, 0.6) is 5.75 Å². The number of nitrogens with one attached hydrogen (secondary N) is 3. The highest BCUT2D eigenvalue weighted by Gasteiger charge is 2.05. The first kappa shape index (κ1) is 20.5. The van der Waals surface area contributed by atoms with Gasteiger partial charge >= 0.3 is 0 Å². The molecule has 0 aliphatic carbocycles. The molecule has 1 aromatic carbocycles. The quantitative estimate of drug-likeness (QED) is 0.271. The summed E-state index contributed by atoms with van der Waals surface area (Å²) in [7, 11) is 1.58. The van der Waals surface area contributed by atoms with E-state index in [2.05, 4.69) is 20.9 Å². The maximum Gasteiger partial charge on any atom is 0.251 e. The Kier molecular flexibility index (Phi) is 11.2. The van der Waals surface area contributed by atoms with Gasteiger partial charge in [-0.3, -0.25) is 9.79 Å². The number of carbonyl (C=O) groups is 1. The van der Waals surface area contributed by atoms with Crippen molar-refractivity contribution in [2.45, 2.75) is 13.8 Å². The van der Waals surface area contributed by atoms with E-state index in [1.54, 1.807) is 31.4 Å². The van der Waals surface area contributed by atoms with Gasteiger partial charge in [-0.1, -0.05) is 6.07 Å². The van der Waals surface area contributed by atoms with Crippen LogP contribution in [0.1, 0.15) is 24.2 Å². The first-order chi connectivity index (χ1) is 10.2. The van der Waals surface area contributed by atoms with Gasteiger partial charge in [0.05, 0.1) is 13.7 Å². The van der Waals surface area contributed by atoms with Crippen molar-refractivity contribution < 1.29 is 9.53 Å². The van der Waals surface area contributed by atoms with Crippen molar-refractivity contribution in [2.75, 3.05) is 33.3 Å². The van der Waals surface area contributed by atoms with Crippen LogP contribution in [0.4, 0.5) is 0 Å². The van der Waals surface area contributed by atoms with Gasteiger partial charge in [0, 0.05) is 25.2 Å². The van der Waals surface area contributed by atoms with Crippen LogP contribution in [-0.2, 0) is 0 Å². The lowest BCUT2D eigenvalue weighted by atomic mass is 10.2. The minimum Gasteiger partial charge on any atom is -0.497 e. The molecule has 0 heterocycles. The highest BCUT2D eigenvalue weighted by atomic mass is 127. The normalized spacial score (nSPS) is 9.23. The highest BCUT2D eigenvalue weighted by molar-refractivity contribution is 14.0. The van der Waals surface area contributed by atoms with E-state index in [9.17, 15) is 4.79 Å². The van der Waals surface area contributed by atoms with Gasteiger partial charge in [-0.2, -0.15) is 0 Å². The Labute approximate surface area is 149 Å².